The molecule has 0 spiro atoms. The van der Waals surface area contributed by atoms with Crippen LogP contribution in [0.1, 0.15) is 50.1 Å². The molecular formula is C17H25NO2. The van der Waals surface area contributed by atoms with Crippen molar-refractivity contribution in [2.45, 2.75) is 50.6 Å². The van der Waals surface area contributed by atoms with Gasteiger partial charge in [-0.05, 0) is 56.3 Å². The molecule has 0 N–H and O–H groups in total. The van der Waals surface area contributed by atoms with Gasteiger partial charge in [-0.15, -0.1) is 0 Å². The molecule has 0 bridgehead atoms. The summed E-state index contributed by atoms with van der Waals surface area (Å²) in [5.74, 6) is 1.67. The summed E-state index contributed by atoms with van der Waals surface area (Å²) < 4.78 is 10.8. The SMILES string of the molecule is COc1ccc([C@@H]2CCC[C@@H]3CCCCN32)cc1OC. The number of rotatable bonds is 3. The number of hydrogen-bond acceptors (Lipinski definition) is 3. The van der Waals surface area contributed by atoms with Crippen molar-refractivity contribution < 1.29 is 9.47 Å². The van der Waals surface area contributed by atoms with Crippen molar-refractivity contribution >= 4 is 0 Å². The smallest absolute Gasteiger partial charge is 0.161 e. The van der Waals surface area contributed by atoms with Gasteiger partial charge in [0.15, 0.2) is 11.5 Å². The number of nitrogens with zero attached hydrogens (tertiary/aromatic N) is 1. The zero-order valence-corrected chi connectivity index (χ0v) is 12.6. The third-order valence-corrected chi connectivity index (χ3v) is 4.88. The van der Waals surface area contributed by atoms with Crippen molar-refractivity contribution in [3.05, 3.63) is 23.8 Å². The van der Waals surface area contributed by atoms with Crippen LogP contribution in [-0.2, 0) is 0 Å². The predicted molar refractivity (Wildman–Crippen MR) is 80.5 cm³/mol. The summed E-state index contributed by atoms with van der Waals surface area (Å²) >= 11 is 0. The average molecular weight is 275 g/mol. The summed E-state index contributed by atoms with van der Waals surface area (Å²) in [6.45, 7) is 1.25. The first-order chi connectivity index (χ1) is 9.83. The third-order valence-electron chi connectivity index (χ3n) is 4.88. The first-order valence-corrected chi connectivity index (χ1v) is 7.81. The molecule has 0 radical (unpaired) electrons. The number of fused-ring (bicyclic) bond motifs is 1. The second-order valence-electron chi connectivity index (χ2n) is 5.95. The minimum atomic E-state index is 0.564. The van der Waals surface area contributed by atoms with Crippen molar-refractivity contribution in [1.29, 1.82) is 0 Å². The number of benzene rings is 1. The maximum Gasteiger partial charge on any atom is 0.161 e. The maximum atomic E-state index is 5.46. The summed E-state index contributed by atoms with van der Waals surface area (Å²) in [5, 5.41) is 0. The van der Waals surface area contributed by atoms with Gasteiger partial charge in [0.25, 0.3) is 0 Å². The van der Waals surface area contributed by atoms with Crippen LogP contribution >= 0.6 is 0 Å². The Labute approximate surface area is 121 Å². The fourth-order valence-electron chi connectivity index (χ4n) is 3.87. The quantitative estimate of drug-likeness (QED) is 0.838. The highest BCUT2D eigenvalue weighted by Crippen LogP contribution is 2.40. The Bertz CT molecular complexity index is 458. The Morgan fingerprint density at radius 2 is 1.75 bits per heavy atom. The molecule has 1 aromatic carbocycles. The molecule has 0 amide bonds. The molecule has 2 aliphatic heterocycles. The van der Waals surface area contributed by atoms with E-state index in [9.17, 15) is 0 Å². The van der Waals surface area contributed by atoms with Crippen molar-refractivity contribution in [2.75, 3.05) is 20.8 Å². The maximum absolute atomic E-state index is 5.46. The van der Waals surface area contributed by atoms with E-state index >= 15 is 0 Å². The molecule has 0 aliphatic carbocycles. The molecule has 3 rings (SSSR count). The van der Waals surface area contributed by atoms with Crippen LogP contribution in [0.2, 0.25) is 0 Å². The molecule has 0 unspecified atom stereocenters. The summed E-state index contributed by atoms with van der Waals surface area (Å²) in [4.78, 5) is 2.73. The van der Waals surface area contributed by atoms with Crippen molar-refractivity contribution in [1.82, 2.24) is 4.90 Å². The van der Waals surface area contributed by atoms with Crippen LogP contribution in [0.3, 0.4) is 0 Å². The van der Waals surface area contributed by atoms with E-state index in [-0.39, 0.29) is 0 Å². The summed E-state index contributed by atoms with van der Waals surface area (Å²) in [7, 11) is 3.41. The molecule has 2 aliphatic rings. The first-order valence-electron chi connectivity index (χ1n) is 7.81. The second kappa shape index (κ2) is 6.04. The van der Waals surface area contributed by atoms with Crippen LogP contribution in [0.25, 0.3) is 0 Å². The summed E-state index contributed by atoms with van der Waals surface area (Å²) in [6, 6.07) is 7.79. The number of hydrogen-bond donors (Lipinski definition) is 0. The van der Waals surface area contributed by atoms with Gasteiger partial charge >= 0.3 is 0 Å². The second-order valence-corrected chi connectivity index (χ2v) is 5.95. The lowest BCUT2D eigenvalue weighted by molar-refractivity contribution is 0.0517. The monoisotopic (exact) mass is 275 g/mol. The Morgan fingerprint density at radius 3 is 2.55 bits per heavy atom. The van der Waals surface area contributed by atoms with Crippen LogP contribution in [0.4, 0.5) is 0 Å². The van der Waals surface area contributed by atoms with E-state index in [0.717, 1.165) is 17.5 Å². The molecule has 3 heteroatoms. The molecule has 2 heterocycles. The van der Waals surface area contributed by atoms with E-state index in [1.54, 1.807) is 14.2 Å². The number of ether oxygens (including phenoxy) is 2. The third kappa shape index (κ3) is 2.51. The van der Waals surface area contributed by atoms with E-state index in [1.165, 1.54) is 50.6 Å². The summed E-state index contributed by atoms with van der Waals surface area (Å²) in [6.07, 6.45) is 8.12. The highest BCUT2D eigenvalue weighted by Gasteiger charge is 2.33. The van der Waals surface area contributed by atoms with Gasteiger partial charge in [-0.3, -0.25) is 4.90 Å². The lowest BCUT2D eigenvalue weighted by Gasteiger charge is -2.45. The van der Waals surface area contributed by atoms with Gasteiger partial charge in [-0.25, -0.2) is 0 Å². The molecule has 1 aromatic rings. The molecule has 110 valence electrons. The molecule has 0 saturated carbocycles. The van der Waals surface area contributed by atoms with Gasteiger partial charge in [0, 0.05) is 12.1 Å². The Kier molecular flexibility index (Phi) is 4.16. The van der Waals surface area contributed by atoms with Gasteiger partial charge < -0.3 is 9.47 Å². The van der Waals surface area contributed by atoms with Gasteiger partial charge in [-0.1, -0.05) is 12.5 Å². The highest BCUT2D eigenvalue weighted by molar-refractivity contribution is 5.44. The number of methoxy groups -OCH3 is 2. The zero-order valence-electron chi connectivity index (χ0n) is 12.6. The van der Waals surface area contributed by atoms with Crippen LogP contribution < -0.4 is 9.47 Å². The van der Waals surface area contributed by atoms with Crippen LogP contribution in [0.15, 0.2) is 18.2 Å². The van der Waals surface area contributed by atoms with E-state index in [1.807, 2.05) is 6.07 Å². The molecule has 2 saturated heterocycles. The normalized spacial score (nSPS) is 26.9. The Balaban J connectivity index is 1.87. The number of piperidine rings is 2. The van der Waals surface area contributed by atoms with E-state index in [2.05, 4.69) is 17.0 Å². The fourth-order valence-corrected chi connectivity index (χ4v) is 3.87. The summed E-state index contributed by atoms with van der Waals surface area (Å²) in [5.41, 5.74) is 1.38. The lowest BCUT2D eigenvalue weighted by Crippen LogP contribution is -2.44. The van der Waals surface area contributed by atoms with Gasteiger partial charge in [0.05, 0.1) is 14.2 Å². The average Bonchev–Trinajstić information content (AvgIpc) is 2.53. The minimum absolute atomic E-state index is 0.564. The van der Waals surface area contributed by atoms with Crippen LogP contribution in [0.5, 0.6) is 11.5 Å². The fraction of sp³-hybridized carbons (Fsp3) is 0.647. The molecule has 3 nitrogen and oxygen atoms in total. The molecule has 2 fully saturated rings. The van der Waals surface area contributed by atoms with Gasteiger partial charge in [0.2, 0.25) is 0 Å². The van der Waals surface area contributed by atoms with Crippen LogP contribution in [-0.4, -0.2) is 31.7 Å². The largest absolute Gasteiger partial charge is 0.493 e. The van der Waals surface area contributed by atoms with Crippen LogP contribution in [0, 0.1) is 0 Å². The minimum Gasteiger partial charge on any atom is -0.493 e. The molecular weight excluding hydrogens is 250 g/mol. The Morgan fingerprint density at radius 1 is 0.950 bits per heavy atom. The van der Waals surface area contributed by atoms with Crippen molar-refractivity contribution in [3.8, 4) is 11.5 Å². The van der Waals surface area contributed by atoms with Crippen molar-refractivity contribution in [3.63, 3.8) is 0 Å². The standard InChI is InChI=1S/C17H25NO2/c1-19-16-10-9-13(12-17(16)20-2)15-8-5-7-14-6-3-4-11-18(14)15/h9-10,12,14-15H,3-8,11H2,1-2H3/t14-,15-/m0/s1. The van der Waals surface area contributed by atoms with Crippen molar-refractivity contribution in [2.24, 2.45) is 0 Å². The first kappa shape index (κ1) is 13.7. The van der Waals surface area contributed by atoms with Gasteiger partial charge in [0.1, 0.15) is 0 Å². The molecule has 0 aromatic heterocycles. The van der Waals surface area contributed by atoms with Gasteiger partial charge in [-0.2, -0.15) is 0 Å². The molecule has 20 heavy (non-hydrogen) atoms. The zero-order chi connectivity index (χ0) is 13.9. The highest BCUT2D eigenvalue weighted by atomic mass is 16.5. The van der Waals surface area contributed by atoms with E-state index < -0.39 is 0 Å². The lowest BCUT2D eigenvalue weighted by atomic mass is 9.86. The van der Waals surface area contributed by atoms with E-state index in [0.29, 0.717) is 6.04 Å². The Hall–Kier alpha value is -1.22. The van der Waals surface area contributed by atoms with E-state index in [4.69, 9.17) is 9.47 Å². The predicted octanol–water partition coefficient (Wildman–Crippen LogP) is 3.78. The topological polar surface area (TPSA) is 21.7 Å². The molecule has 2 atom stereocenters.